The third-order valence-electron chi connectivity index (χ3n) is 2.89. The summed E-state index contributed by atoms with van der Waals surface area (Å²) in [6.07, 6.45) is 1.79. The molecular formula is C14H18N4O. The molecule has 0 unspecified atom stereocenters. The van der Waals surface area contributed by atoms with Gasteiger partial charge in [0.05, 0.1) is 0 Å². The molecule has 5 heteroatoms. The number of anilines is 2. The SMILES string of the molecule is CC(=O)NCCNc1ccc(N)c2cnc(C)cc12. The summed E-state index contributed by atoms with van der Waals surface area (Å²) in [5.74, 6) is -0.0241. The number of benzene rings is 1. The number of nitrogens with zero attached hydrogens (tertiary/aromatic N) is 1. The van der Waals surface area contributed by atoms with Crippen LogP contribution in [-0.4, -0.2) is 24.0 Å². The maximum absolute atomic E-state index is 10.8. The van der Waals surface area contributed by atoms with Crippen LogP contribution >= 0.6 is 0 Å². The summed E-state index contributed by atoms with van der Waals surface area (Å²) < 4.78 is 0. The number of nitrogen functional groups attached to an aromatic ring is 1. The van der Waals surface area contributed by atoms with E-state index in [4.69, 9.17) is 5.73 Å². The molecule has 0 saturated carbocycles. The maximum Gasteiger partial charge on any atom is 0.216 e. The fourth-order valence-electron chi connectivity index (χ4n) is 1.96. The molecule has 0 fully saturated rings. The molecule has 0 aliphatic carbocycles. The number of aryl methyl sites for hydroxylation is 1. The molecule has 1 heterocycles. The Labute approximate surface area is 112 Å². The van der Waals surface area contributed by atoms with Crippen LogP contribution in [0.5, 0.6) is 0 Å². The predicted octanol–water partition coefficient (Wildman–Crippen LogP) is 1.67. The number of rotatable bonds is 4. The number of amides is 1. The van der Waals surface area contributed by atoms with Gasteiger partial charge in [-0.3, -0.25) is 9.78 Å². The van der Waals surface area contributed by atoms with Crippen molar-refractivity contribution in [3.63, 3.8) is 0 Å². The summed E-state index contributed by atoms with van der Waals surface area (Å²) in [4.78, 5) is 15.1. The minimum Gasteiger partial charge on any atom is -0.398 e. The van der Waals surface area contributed by atoms with Crippen molar-refractivity contribution in [3.8, 4) is 0 Å². The van der Waals surface area contributed by atoms with E-state index in [0.29, 0.717) is 13.1 Å². The van der Waals surface area contributed by atoms with E-state index in [1.807, 2.05) is 25.1 Å². The summed E-state index contributed by atoms with van der Waals surface area (Å²) in [5.41, 5.74) is 8.61. The van der Waals surface area contributed by atoms with Crippen molar-refractivity contribution in [1.29, 1.82) is 0 Å². The second-order valence-electron chi connectivity index (χ2n) is 4.48. The first kappa shape index (κ1) is 13.1. The first-order valence-corrected chi connectivity index (χ1v) is 6.21. The Kier molecular flexibility index (Phi) is 3.85. The summed E-state index contributed by atoms with van der Waals surface area (Å²) in [6.45, 7) is 4.71. The average Bonchev–Trinajstić information content (AvgIpc) is 2.36. The van der Waals surface area contributed by atoms with Crippen molar-refractivity contribution >= 4 is 28.1 Å². The van der Waals surface area contributed by atoms with E-state index in [9.17, 15) is 4.79 Å². The minimum atomic E-state index is -0.0241. The van der Waals surface area contributed by atoms with E-state index >= 15 is 0 Å². The van der Waals surface area contributed by atoms with Gasteiger partial charge in [0.1, 0.15) is 0 Å². The lowest BCUT2D eigenvalue weighted by Gasteiger charge is -2.12. The van der Waals surface area contributed by atoms with Crippen molar-refractivity contribution in [2.24, 2.45) is 0 Å². The number of hydrogen-bond acceptors (Lipinski definition) is 4. The topological polar surface area (TPSA) is 80.0 Å². The number of pyridine rings is 1. The Morgan fingerprint density at radius 3 is 2.84 bits per heavy atom. The molecule has 0 aliphatic heterocycles. The summed E-state index contributed by atoms with van der Waals surface area (Å²) in [5, 5.41) is 8.04. The highest BCUT2D eigenvalue weighted by Crippen LogP contribution is 2.28. The number of hydrogen-bond donors (Lipinski definition) is 3. The lowest BCUT2D eigenvalue weighted by atomic mass is 10.1. The fourth-order valence-corrected chi connectivity index (χ4v) is 1.96. The van der Waals surface area contributed by atoms with Crippen LogP contribution in [-0.2, 0) is 4.79 Å². The van der Waals surface area contributed by atoms with Gasteiger partial charge in [0, 0.05) is 54.1 Å². The molecule has 2 aromatic rings. The van der Waals surface area contributed by atoms with Crippen LogP contribution in [0.1, 0.15) is 12.6 Å². The molecule has 1 amide bonds. The van der Waals surface area contributed by atoms with Gasteiger partial charge in [0.15, 0.2) is 0 Å². The molecule has 0 bridgehead atoms. The monoisotopic (exact) mass is 258 g/mol. The van der Waals surface area contributed by atoms with Gasteiger partial charge < -0.3 is 16.4 Å². The quantitative estimate of drug-likeness (QED) is 0.575. The second-order valence-corrected chi connectivity index (χ2v) is 4.48. The van der Waals surface area contributed by atoms with Gasteiger partial charge in [-0.05, 0) is 25.1 Å². The highest BCUT2D eigenvalue weighted by molar-refractivity contribution is 6.00. The van der Waals surface area contributed by atoms with E-state index in [2.05, 4.69) is 15.6 Å². The van der Waals surface area contributed by atoms with E-state index < -0.39 is 0 Å². The highest BCUT2D eigenvalue weighted by atomic mass is 16.1. The predicted molar refractivity (Wildman–Crippen MR) is 78.1 cm³/mol. The van der Waals surface area contributed by atoms with Crippen LogP contribution < -0.4 is 16.4 Å². The molecular weight excluding hydrogens is 240 g/mol. The van der Waals surface area contributed by atoms with E-state index in [1.165, 1.54) is 6.92 Å². The molecule has 1 aromatic carbocycles. The molecule has 0 atom stereocenters. The average molecular weight is 258 g/mol. The standard InChI is InChI=1S/C14H18N4O/c1-9-7-11-12(8-18-9)13(15)3-4-14(11)17-6-5-16-10(2)19/h3-4,7-8,17H,5-6,15H2,1-2H3,(H,16,19). The van der Waals surface area contributed by atoms with Gasteiger partial charge in [-0.15, -0.1) is 0 Å². The number of nitrogens with two attached hydrogens (primary N) is 1. The number of nitrogens with one attached hydrogen (secondary N) is 2. The molecule has 1 aromatic heterocycles. The Morgan fingerprint density at radius 2 is 2.11 bits per heavy atom. The molecule has 5 nitrogen and oxygen atoms in total. The van der Waals surface area contributed by atoms with Crippen molar-refractivity contribution < 1.29 is 4.79 Å². The minimum absolute atomic E-state index is 0.0241. The Bertz CT molecular complexity index is 610. The first-order chi connectivity index (χ1) is 9.08. The molecule has 0 saturated heterocycles. The van der Waals surface area contributed by atoms with Gasteiger partial charge in [0.25, 0.3) is 0 Å². The summed E-state index contributed by atoms with van der Waals surface area (Å²) in [7, 11) is 0. The Hall–Kier alpha value is -2.30. The molecule has 4 N–H and O–H groups in total. The molecule has 0 aliphatic rings. The van der Waals surface area contributed by atoms with E-state index in [0.717, 1.165) is 27.8 Å². The largest absolute Gasteiger partial charge is 0.398 e. The van der Waals surface area contributed by atoms with Gasteiger partial charge in [-0.2, -0.15) is 0 Å². The van der Waals surface area contributed by atoms with Crippen LogP contribution in [0.15, 0.2) is 24.4 Å². The van der Waals surface area contributed by atoms with Crippen molar-refractivity contribution in [2.75, 3.05) is 24.1 Å². The third-order valence-corrected chi connectivity index (χ3v) is 2.89. The summed E-state index contributed by atoms with van der Waals surface area (Å²) in [6, 6.07) is 5.82. The second kappa shape index (κ2) is 5.56. The Balaban J connectivity index is 2.21. The molecule has 100 valence electrons. The van der Waals surface area contributed by atoms with Gasteiger partial charge in [0.2, 0.25) is 5.91 Å². The highest BCUT2D eigenvalue weighted by Gasteiger charge is 2.04. The van der Waals surface area contributed by atoms with E-state index in [-0.39, 0.29) is 5.91 Å². The third kappa shape index (κ3) is 3.13. The first-order valence-electron chi connectivity index (χ1n) is 6.21. The fraction of sp³-hybridized carbons (Fsp3) is 0.286. The van der Waals surface area contributed by atoms with Crippen molar-refractivity contribution in [3.05, 3.63) is 30.1 Å². The molecule has 0 radical (unpaired) electrons. The molecule has 19 heavy (non-hydrogen) atoms. The van der Waals surface area contributed by atoms with E-state index in [1.54, 1.807) is 6.20 Å². The molecule has 2 rings (SSSR count). The number of aromatic nitrogens is 1. The van der Waals surface area contributed by atoms with Gasteiger partial charge in [-0.25, -0.2) is 0 Å². The zero-order valence-electron chi connectivity index (χ0n) is 11.2. The molecule has 0 spiro atoms. The van der Waals surface area contributed by atoms with Crippen molar-refractivity contribution in [2.45, 2.75) is 13.8 Å². The maximum atomic E-state index is 10.8. The lowest BCUT2D eigenvalue weighted by molar-refractivity contribution is -0.118. The van der Waals surface area contributed by atoms with Gasteiger partial charge >= 0.3 is 0 Å². The zero-order valence-corrected chi connectivity index (χ0v) is 11.2. The smallest absolute Gasteiger partial charge is 0.216 e. The number of carbonyl (C=O) groups excluding carboxylic acids is 1. The lowest BCUT2D eigenvalue weighted by Crippen LogP contribution is -2.26. The van der Waals surface area contributed by atoms with Crippen LogP contribution in [0.25, 0.3) is 10.8 Å². The van der Waals surface area contributed by atoms with Crippen LogP contribution in [0.4, 0.5) is 11.4 Å². The normalized spacial score (nSPS) is 10.4. The number of fused-ring (bicyclic) bond motifs is 1. The van der Waals surface area contributed by atoms with Crippen LogP contribution in [0.2, 0.25) is 0 Å². The number of carbonyl (C=O) groups is 1. The van der Waals surface area contributed by atoms with Gasteiger partial charge in [-0.1, -0.05) is 0 Å². The zero-order chi connectivity index (χ0) is 13.8. The van der Waals surface area contributed by atoms with Crippen molar-refractivity contribution in [1.82, 2.24) is 10.3 Å². The summed E-state index contributed by atoms with van der Waals surface area (Å²) >= 11 is 0. The van der Waals surface area contributed by atoms with Crippen LogP contribution in [0.3, 0.4) is 0 Å². The van der Waals surface area contributed by atoms with Crippen LogP contribution in [0, 0.1) is 6.92 Å². The Morgan fingerprint density at radius 1 is 1.32 bits per heavy atom.